The molecular weight excluding hydrogens is 1400 g/mol. The van der Waals surface area contributed by atoms with E-state index in [1.165, 1.54) is 113 Å². The summed E-state index contributed by atoms with van der Waals surface area (Å²) in [5.74, 6) is 0. The molecule has 0 saturated heterocycles. The SMILES string of the molecule is CC(C)(C)c1ccc(N(c2ccc(C(C)(C)C)cc2)c2c3ccc(C(C)(C)C)cc3c(N(c3ccc(C(C)(C)C)cc3)c3ccc(C(C)(C)C)cc3)c3ccc(C(C)(C)C)cc23)cc1.CC(C)(C)c1ccc(Nc2ccc(C(C)(C)C)cc2)cc1.CC(C)(C)c1ccc2c(Br)c3ccccc3c(Br)c2c1. The van der Waals surface area contributed by atoms with Gasteiger partial charge in [0, 0.05) is 64.6 Å². The summed E-state index contributed by atoms with van der Waals surface area (Å²) in [7, 11) is 0. The maximum atomic E-state index is 3.80. The normalized spacial score (nSPS) is 12.8. The van der Waals surface area contributed by atoms with E-state index in [0.717, 1.165) is 34.1 Å². The predicted molar refractivity (Wildman–Crippen MR) is 472 cm³/mol. The second-order valence-electron chi connectivity index (χ2n) is 38.5. The molecule has 0 aliphatic heterocycles. The third-order valence-electron chi connectivity index (χ3n) is 20.8. The molecule has 12 aromatic carbocycles. The summed E-state index contributed by atoms with van der Waals surface area (Å²) in [6.07, 6.45) is 0. The molecule has 0 bridgehead atoms. The lowest BCUT2D eigenvalue weighted by atomic mass is 9.82. The van der Waals surface area contributed by atoms with E-state index in [1.807, 2.05) is 0 Å². The summed E-state index contributed by atoms with van der Waals surface area (Å²) in [5.41, 5.74) is 21.7. The summed E-state index contributed by atoms with van der Waals surface area (Å²) < 4.78 is 2.35. The highest BCUT2D eigenvalue weighted by molar-refractivity contribution is 9.11. The molecular formula is C100H119Br2N3. The molecule has 0 heterocycles. The van der Waals surface area contributed by atoms with Crippen molar-refractivity contribution in [1.82, 2.24) is 0 Å². The fraction of sp³-hybridized carbons (Fsp3) is 0.360. The lowest BCUT2D eigenvalue weighted by molar-refractivity contribution is 0.590. The molecule has 0 unspecified atom stereocenters. The number of hydrogen-bond acceptors (Lipinski definition) is 3. The van der Waals surface area contributed by atoms with E-state index in [9.17, 15) is 0 Å². The maximum Gasteiger partial charge on any atom is 0.0620 e. The lowest BCUT2D eigenvalue weighted by Crippen LogP contribution is -2.18. The van der Waals surface area contributed by atoms with E-state index < -0.39 is 0 Å². The van der Waals surface area contributed by atoms with Crippen LogP contribution in [0.4, 0.5) is 45.5 Å². The Morgan fingerprint density at radius 2 is 0.390 bits per heavy atom. The molecule has 0 amide bonds. The van der Waals surface area contributed by atoms with Crippen LogP contribution >= 0.6 is 31.9 Å². The average molecular weight is 1520 g/mol. The van der Waals surface area contributed by atoms with Gasteiger partial charge in [-0.1, -0.05) is 320 Å². The van der Waals surface area contributed by atoms with Gasteiger partial charge in [0.1, 0.15) is 0 Å². The van der Waals surface area contributed by atoms with Crippen molar-refractivity contribution in [1.29, 1.82) is 0 Å². The Kier molecular flexibility index (Phi) is 22.5. The van der Waals surface area contributed by atoms with Crippen LogP contribution in [0.15, 0.2) is 233 Å². The van der Waals surface area contributed by atoms with Crippen LogP contribution in [-0.2, 0) is 48.7 Å². The fourth-order valence-corrected chi connectivity index (χ4v) is 15.0. The maximum absolute atomic E-state index is 3.80. The van der Waals surface area contributed by atoms with Crippen LogP contribution in [0, 0.1) is 0 Å². The average Bonchev–Trinajstić information content (AvgIpc) is 0.716. The molecule has 1 N–H and O–H groups in total. The Bertz CT molecular complexity index is 4660. The summed E-state index contributed by atoms with van der Waals surface area (Å²) in [5, 5.41) is 13.3. The quantitative estimate of drug-likeness (QED) is 0.121. The van der Waals surface area contributed by atoms with Gasteiger partial charge in [-0.2, -0.15) is 0 Å². The highest BCUT2D eigenvalue weighted by Crippen LogP contribution is 2.54. The van der Waals surface area contributed by atoms with Crippen molar-refractivity contribution in [2.75, 3.05) is 15.1 Å². The molecule has 0 spiro atoms. The number of hydrogen-bond donors (Lipinski definition) is 1. The second kappa shape index (κ2) is 29.7. The van der Waals surface area contributed by atoms with Gasteiger partial charge in [0.2, 0.25) is 0 Å². The molecule has 3 nitrogen and oxygen atoms in total. The van der Waals surface area contributed by atoms with E-state index >= 15 is 0 Å². The van der Waals surface area contributed by atoms with E-state index in [2.05, 4.69) is 458 Å². The van der Waals surface area contributed by atoms with Crippen LogP contribution in [0.1, 0.15) is 237 Å². The second-order valence-corrected chi connectivity index (χ2v) is 40.1. The number of anilines is 8. The van der Waals surface area contributed by atoms with Crippen LogP contribution < -0.4 is 15.1 Å². The minimum absolute atomic E-state index is 0.0311. The van der Waals surface area contributed by atoms with Crippen molar-refractivity contribution in [3.05, 3.63) is 283 Å². The highest BCUT2D eigenvalue weighted by Gasteiger charge is 2.31. The number of nitrogens with one attached hydrogen (secondary N) is 1. The predicted octanol–water partition coefficient (Wildman–Crippen LogP) is 31.6. The van der Waals surface area contributed by atoms with Crippen LogP contribution in [0.3, 0.4) is 0 Å². The third-order valence-corrected chi connectivity index (χ3v) is 22.5. The van der Waals surface area contributed by atoms with E-state index in [0.29, 0.717) is 0 Å². The number of nitrogens with zero attached hydrogens (tertiary/aromatic N) is 2. The first-order valence-electron chi connectivity index (χ1n) is 37.9. The standard InChI is InChI=1S/C62H76N2.C20H27N.C18H16Br2/c1-57(2,3)41-19-29-47(30-20-41)63(48-31-21-42(22-32-48)58(4,5)6)55-51-37-27-46(62(16,17)18)40-54(51)56(52-38-28-45(39-53(52)55)61(13,14)15)64(49-33-23-43(24-34-49)59(7,8)9)50-35-25-44(26-36-50)60(10,11)12;1-19(2,3)15-7-11-17(12-8-15)21-18-13-9-16(10-14-18)20(4,5)6;1-18(2,3)11-8-9-14-15(10-11)17(20)13-7-5-4-6-12(13)16(14)19/h19-40H,1-18H3;7-14,21H,1-6H3;4-10H,1-3H3. The van der Waals surface area contributed by atoms with Crippen LogP contribution in [0.5, 0.6) is 0 Å². The summed E-state index contributed by atoms with van der Waals surface area (Å²) >= 11 is 7.57. The minimum atomic E-state index is -0.0739. The van der Waals surface area contributed by atoms with Gasteiger partial charge < -0.3 is 15.1 Å². The van der Waals surface area contributed by atoms with Crippen molar-refractivity contribution >= 4 is 120 Å². The van der Waals surface area contributed by atoms with Crippen molar-refractivity contribution < 1.29 is 0 Å². The first-order chi connectivity index (χ1) is 48.6. The first kappa shape index (κ1) is 79.6. The molecule has 548 valence electrons. The van der Waals surface area contributed by atoms with Gasteiger partial charge in [0.25, 0.3) is 0 Å². The zero-order chi connectivity index (χ0) is 77.1. The lowest BCUT2D eigenvalue weighted by Gasteiger charge is -2.35. The third kappa shape index (κ3) is 18.2. The van der Waals surface area contributed by atoms with Gasteiger partial charge in [-0.25, -0.2) is 0 Å². The Balaban J connectivity index is 0.000000231. The van der Waals surface area contributed by atoms with Gasteiger partial charge in [0.05, 0.1) is 11.4 Å². The highest BCUT2D eigenvalue weighted by atomic mass is 79.9. The first-order valence-corrected chi connectivity index (χ1v) is 39.5. The summed E-state index contributed by atoms with van der Waals surface area (Å²) in [6, 6.07) is 84.5. The molecule has 0 aliphatic rings. The van der Waals surface area contributed by atoms with Crippen molar-refractivity contribution in [3.8, 4) is 0 Å². The largest absolute Gasteiger partial charge is 0.356 e. The van der Waals surface area contributed by atoms with Crippen molar-refractivity contribution in [2.24, 2.45) is 0 Å². The van der Waals surface area contributed by atoms with E-state index in [-0.39, 0.29) is 48.7 Å². The van der Waals surface area contributed by atoms with Gasteiger partial charge in [-0.3, -0.25) is 0 Å². The minimum Gasteiger partial charge on any atom is -0.356 e. The van der Waals surface area contributed by atoms with Crippen molar-refractivity contribution in [2.45, 2.75) is 236 Å². The number of rotatable bonds is 8. The monoisotopic (exact) mass is 1520 g/mol. The molecule has 12 aromatic rings. The van der Waals surface area contributed by atoms with E-state index in [4.69, 9.17) is 0 Å². The number of fused-ring (bicyclic) bond motifs is 4. The Morgan fingerprint density at radius 3 is 0.629 bits per heavy atom. The molecule has 0 radical (unpaired) electrons. The molecule has 0 atom stereocenters. The zero-order valence-electron chi connectivity index (χ0n) is 68.5. The smallest absolute Gasteiger partial charge is 0.0620 e. The molecule has 0 fully saturated rings. The van der Waals surface area contributed by atoms with Crippen molar-refractivity contribution in [3.63, 3.8) is 0 Å². The van der Waals surface area contributed by atoms with Gasteiger partial charge in [-0.05, 0) is 243 Å². The molecule has 0 aromatic heterocycles. The van der Waals surface area contributed by atoms with Gasteiger partial charge in [0.15, 0.2) is 0 Å². The van der Waals surface area contributed by atoms with Gasteiger partial charge >= 0.3 is 0 Å². The zero-order valence-corrected chi connectivity index (χ0v) is 71.7. The van der Waals surface area contributed by atoms with Crippen LogP contribution in [-0.4, -0.2) is 0 Å². The fourth-order valence-electron chi connectivity index (χ4n) is 13.7. The summed E-state index contributed by atoms with van der Waals surface area (Å²) in [4.78, 5) is 5.08. The molecule has 5 heteroatoms. The van der Waals surface area contributed by atoms with Gasteiger partial charge in [-0.15, -0.1) is 0 Å². The number of benzene rings is 12. The van der Waals surface area contributed by atoms with E-state index in [1.54, 1.807) is 0 Å². The topological polar surface area (TPSA) is 18.5 Å². The Morgan fingerprint density at radius 1 is 0.200 bits per heavy atom. The Hall–Kier alpha value is -7.96. The van der Waals surface area contributed by atoms with Crippen LogP contribution in [0.25, 0.3) is 43.1 Å². The molecule has 12 rings (SSSR count). The molecule has 0 aliphatic carbocycles. The summed E-state index contributed by atoms with van der Waals surface area (Å²) in [6.45, 7) is 61.7. The molecule has 105 heavy (non-hydrogen) atoms. The number of halogens is 2. The van der Waals surface area contributed by atoms with Crippen LogP contribution in [0.2, 0.25) is 0 Å². The Labute approximate surface area is 650 Å². The molecule has 0 saturated carbocycles.